The van der Waals surface area contributed by atoms with Crippen LogP contribution in [0.5, 0.6) is 0 Å². The first-order chi connectivity index (χ1) is 11.4. The van der Waals surface area contributed by atoms with Gasteiger partial charge in [-0.3, -0.25) is 9.59 Å². The van der Waals surface area contributed by atoms with Crippen molar-refractivity contribution in [2.45, 2.75) is 12.8 Å². The number of rotatable bonds is 4. The molecule has 1 aliphatic rings. The Morgan fingerprint density at radius 3 is 2.58 bits per heavy atom. The zero-order valence-electron chi connectivity index (χ0n) is 12.8. The molecule has 2 amide bonds. The highest BCUT2D eigenvalue weighted by Gasteiger charge is 2.22. The zero-order chi connectivity index (χ0) is 17.7. The van der Waals surface area contributed by atoms with E-state index < -0.39 is 5.91 Å². The summed E-state index contributed by atoms with van der Waals surface area (Å²) in [7, 11) is 0. The standard InChI is InChI=1S/C16H16Cl2N4O2/c17-12-1-2-13(18)14(7-12)21-16(24)11(8-19)9-22-5-3-10(4-6-22)15(20)23/h1-2,7,9-10H,3-6H2,(H2,20,23)(H,21,24)/b11-9-. The van der Waals surface area contributed by atoms with E-state index in [1.54, 1.807) is 12.1 Å². The summed E-state index contributed by atoms with van der Waals surface area (Å²) in [6, 6.07) is 6.55. The fourth-order valence-electron chi connectivity index (χ4n) is 2.42. The molecular weight excluding hydrogens is 351 g/mol. The van der Waals surface area contributed by atoms with Crippen molar-refractivity contribution < 1.29 is 9.59 Å². The smallest absolute Gasteiger partial charge is 0.267 e. The van der Waals surface area contributed by atoms with Crippen LogP contribution >= 0.6 is 23.2 Å². The number of halogens is 2. The number of nitrogens with one attached hydrogen (secondary N) is 1. The molecule has 0 aromatic heterocycles. The first-order valence-corrected chi connectivity index (χ1v) is 8.08. The number of amides is 2. The summed E-state index contributed by atoms with van der Waals surface area (Å²) in [4.78, 5) is 25.2. The normalized spacial score (nSPS) is 15.7. The molecule has 2 rings (SSSR count). The average Bonchev–Trinajstić information content (AvgIpc) is 2.56. The fraction of sp³-hybridized carbons (Fsp3) is 0.312. The molecule has 3 N–H and O–H groups in total. The number of nitrogens with zero attached hydrogens (tertiary/aromatic N) is 2. The second-order valence-corrected chi connectivity index (χ2v) is 6.29. The van der Waals surface area contributed by atoms with Gasteiger partial charge in [-0.05, 0) is 31.0 Å². The van der Waals surface area contributed by atoms with Gasteiger partial charge in [0.05, 0.1) is 10.7 Å². The number of piperidine rings is 1. The molecule has 0 atom stereocenters. The lowest BCUT2D eigenvalue weighted by atomic mass is 9.96. The predicted molar refractivity (Wildman–Crippen MR) is 92.3 cm³/mol. The van der Waals surface area contributed by atoms with E-state index >= 15 is 0 Å². The van der Waals surface area contributed by atoms with E-state index in [2.05, 4.69) is 5.32 Å². The van der Waals surface area contributed by atoms with Crippen LogP contribution in [0.2, 0.25) is 10.0 Å². The Kier molecular flexibility index (Phi) is 6.07. The van der Waals surface area contributed by atoms with Gasteiger partial charge in [-0.15, -0.1) is 0 Å². The molecule has 6 nitrogen and oxygen atoms in total. The van der Waals surface area contributed by atoms with E-state index in [1.807, 2.05) is 11.0 Å². The molecule has 1 fully saturated rings. The summed E-state index contributed by atoms with van der Waals surface area (Å²) in [6.45, 7) is 1.12. The monoisotopic (exact) mass is 366 g/mol. The number of benzene rings is 1. The van der Waals surface area contributed by atoms with Crippen molar-refractivity contribution in [3.05, 3.63) is 40.0 Å². The summed E-state index contributed by atoms with van der Waals surface area (Å²) in [5.74, 6) is -1.04. The van der Waals surface area contributed by atoms with E-state index in [1.165, 1.54) is 12.3 Å². The van der Waals surface area contributed by atoms with Crippen LogP contribution in [-0.2, 0) is 9.59 Å². The Morgan fingerprint density at radius 2 is 2.00 bits per heavy atom. The summed E-state index contributed by atoms with van der Waals surface area (Å²) in [5, 5.41) is 12.6. The number of primary amides is 1. The SMILES string of the molecule is N#C/C(=C/N1CCC(C(N)=O)CC1)C(=O)Nc1cc(Cl)ccc1Cl. The molecule has 126 valence electrons. The van der Waals surface area contributed by atoms with E-state index in [0.717, 1.165) is 0 Å². The number of carbonyl (C=O) groups is 2. The fourth-order valence-corrected chi connectivity index (χ4v) is 2.75. The van der Waals surface area contributed by atoms with Crippen LogP contribution in [0.15, 0.2) is 30.0 Å². The quantitative estimate of drug-likeness (QED) is 0.631. The maximum atomic E-state index is 12.2. The molecular formula is C16H16Cl2N4O2. The number of anilines is 1. The molecule has 0 saturated carbocycles. The van der Waals surface area contributed by atoms with Crippen LogP contribution in [0.1, 0.15) is 12.8 Å². The number of nitriles is 1. The van der Waals surface area contributed by atoms with Crippen molar-refractivity contribution in [1.29, 1.82) is 5.26 Å². The molecule has 8 heteroatoms. The van der Waals surface area contributed by atoms with Crippen LogP contribution in [-0.4, -0.2) is 29.8 Å². The van der Waals surface area contributed by atoms with Crippen LogP contribution in [0.4, 0.5) is 5.69 Å². The molecule has 0 spiro atoms. The van der Waals surface area contributed by atoms with E-state index in [-0.39, 0.29) is 17.4 Å². The predicted octanol–water partition coefficient (Wildman–Crippen LogP) is 2.54. The molecule has 24 heavy (non-hydrogen) atoms. The number of nitrogens with two attached hydrogens (primary N) is 1. The Hall–Kier alpha value is -2.23. The molecule has 0 aliphatic carbocycles. The average molecular weight is 367 g/mol. The molecule has 1 heterocycles. The van der Waals surface area contributed by atoms with Gasteiger partial charge in [-0.25, -0.2) is 0 Å². The van der Waals surface area contributed by atoms with Gasteiger partial charge in [0.2, 0.25) is 5.91 Å². The van der Waals surface area contributed by atoms with Crippen LogP contribution < -0.4 is 11.1 Å². The van der Waals surface area contributed by atoms with Crippen LogP contribution in [0.3, 0.4) is 0 Å². The van der Waals surface area contributed by atoms with Crippen molar-refractivity contribution in [3.8, 4) is 6.07 Å². The topological polar surface area (TPSA) is 99.2 Å². The minimum atomic E-state index is -0.571. The minimum absolute atomic E-state index is 0.0523. The maximum absolute atomic E-state index is 12.2. The third kappa shape index (κ3) is 4.63. The molecule has 1 aliphatic heterocycles. The van der Waals surface area contributed by atoms with E-state index in [0.29, 0.717) is 41.7 Å². The second-order valence-electron chi connectivity index (χ2n) is 5.45. The molecule has 1 aromatic rings. The highest BCUT2D eigenvalue weighted by atomic mass is 35.5. The zero-order valence-corrected chi connectivity index (χ0v) is 14.3. The van der Waals surface area contributed by atoms with Crippen molar-refractivity contribution in [2.24, 2.45) is 11.7 Å². The lowest BCUT2D eigenvalue weighted by Gasteiger charge is -2.29. The van der Waals surface area contributed by atoms with Gasteiger partial charge in [-0.1, -0.05) is 23.2 Å². The second kappa shape index (κ2) is 8.04. The summed E-state index contributed by atoms with van der Waals surface area (Å²) < 4.78 is 0. The van der Waals surface area contributed by atoms with Gasteiger partial charge in [0.1, 0.15) is 11.6 Å². The van der Waals surface area contributed by atoms with Crippen LogP contribution in [0, 0.1) is 17.2 Å². The first kappa shape index (κ1) is 18.1. The van der Waals surface area contributed by atoms with Gasteiger partial charge in [0.25, 0.3) is 5.91 Å². The van der Waals surface area contributed by atoms with Gasteiger partial charge >= 0.3 is 0 Å². The number of likely N-dealkylation sites (tertiary alicyclic amines) is 1. The minimum Gasteiger partial charge on any atom is -0.376 e. The van der Waals surface area contributed by atoms with Gasteiger partial charge < -0.3 is 16.0 Å². The lowest BCUT2D eigenvalue weighted by molar-refractivity contribution is -0.123. The van der Waals surface area contributed by atoms with Crippen molar-refractivity contribution in [2.75, 3.05) is 18.4 Å². The Labute approximate surface area is 149 Å². The van der Waals surface area contributed by atoms with Crippen molar-refractivity contribution in [1.82, 2.24) is 4.90 Å². The highest BCUT2D eigenvalue weighted by molar-refractivity contribution is 6.35. The molecule has 1 aromatic carbocycles. The molecule has 1 saturated heterocycles. The Bertz CT molecular complexity index is 719. The molecule has 0 unspecified atom stereocenters. The number of hydrogen-bond acceptors (Lipinski definition) is 4. The Morgan fingerprint density at radius 1 is 1.33 bits per heavy atom. The Balaban J connectivity index is 2.05. The first-order valence-electron chi connectivity index (χ1n) is 7.32. The molecule has 0 bridgehead atoms. The van der Waals surface area contributed by atoms with Crippen molar-refractivity contribution in [3.63, 3.8) is 0 Å². The van der Waals surface area contributed by atoms with Gasteiger partial charge in [0.15, 0.2) is 0 Å². The molecule has 0 radical (unpaired) electrons. The largest absolute Gasteiger partial charge is 0.376 e. The number of hydrogen-bond donors (Lipinski definition) is 2. The highest BCUT2D eigenvalue weighted by Crippen LogP contribution is 2.26. The maximum Gasteiger partial charge on any atom is 0.267 e. The third-order valence-electron chi connectivity index (χ3n) is 3.79. The summed E-state index contributed by atoms with van der Waals surface area (Å²) in [5.41, 5.74) is 5.57. The van der Waals surface area contributed by atoms with Gasteiger partial charge in [-0.2, -0.15) is 5.26 Å². The summed E-state index contributed by atoms with van der Waals surface area (Å²) >= 11 is 11.9. The summed E-state index contributed by atoms with van der Waals surface area (Å²) in [6.07, 6.45) is 2.70. The van der Waals surface area contributed by atoms with E-state index in [9.17, 15) is 14.9 Å². The van der Waals surface area contributed by atoms with Crippen molar-refractivity contribution >= 4 is 40.7 Å². The van der Waals surface area contributed by atoms with Gasteiger partial charge in [0, 0.05) is 30.2 Å². The van der Waals surface area contributed by atoms with E-state index in [4.69, 9.17) is 28.9 Å². The third-order valence-corrected chi connectivity index (χ3v) is 4.35. The lowest BCUT2D eigenvalue weighted by Crippen LogP contribution is -2.36. The van der Waals surface area contributed by atoms with Crippen LogP contribution in [0.25, 0.3) is 0 Å². The number of carbonyl (C=O) groups excluding carboxylic acids is 2.